The normalized spacial score (nSPS) is 13.9. The van der Waals surface area contributed by atoms with E-state index in [0.717, 1.165) is 0 Å². The van der Waals surface area contributed by atoms with Crippen molar-refractivity contribution >= 4 is 28.8 Å². The third-order valence-electron chi connectivity index (χ3n) is 2.59. The molecule has 0 aromatic heterocycles. The van der Waals surface area contributed by atoms with E-state index in [-0.39, 0.29) is 23.6 Å². The molecule has 7 heteroatoms. The number of nitro groups is 1. The molecule has 0 aliphatic heterocycles. The van der Waals surface area contributed by atoms with E-state index in [9.17, 15) is 15.2 Å². The number of hydrogen-bond acceptors (Lipinski definition) is 6. The van der Waals surface area contributed by atoms with E-state index < -0.39 is 4.92 Å². The molecule has 100 valence electrons. The van der Waals surface area contributed by atoms with Gasteiger partial charge in [-0.05, 0) is 19.2 Å². The summed E-state index contributed by atoms with van der Waals surface area (Å²) >= 11 is 1.53. The summed E-state index contributed by atoms with van der Waals surface area (Å²) in [6, 6.07) is 4.36. The van der Waals surface area contributed by atoms with Crippen molar-refractivity contribution in [2.75, 3.05) is 23.9 Å². The number of benzene rings is 1. The van der Waals surface area contributed by atoms with Crippen LogP contribution in [0.1, 0.15) is 6.92 Å². The van der Waals surface area contributed by atoms with Gasteiger partial charge in [0.15, 0.2) is 0 Å². The van der Waals surface area contributed by atoms with E-state index in [2.05, 4.69) is 5.32 Å². The van der Waals surface area contributed by atoms with E-state index in [1.54, 1.807) is 6.07 Å². The average Bonchev–Trinajstić information content (AvgIpc) is 2.29. The van der Waals surface area contributed by atoms with Crippen molar-refractivity contribution in [2.45, 2.75) is 18.2 Å². The van der Waals surface area contributed by atoms with Crippen molar-refractivity contribution in [3.05, 3.63) is 28.3 Å². The van der Waals surface area contributed by atoms with Gasteiger partial charge in [0.05, 0.1) is 11.5 Å². The van der Waals surface area contributed by atoms with Gasteiger partial charge in [-0.3, -0.25) is 10.1 Å². The Morgan fingerprint density at radius 3 is 2.72 bits per heavy atom. The number of aliphatic hydroxyl groups is 1. The number of anilines is 2. The predicted octanol–water partition coefficient (Wildman–Crippen LogP) is 1.70. The molecule has 1 aromatic rings. The number of aliphatic hydroxyl groups excluding tert-OH is 1. The zero-order valence-corrected chi connectivity index (χ0v) is 11.1. The van der Waals surface area contributed by atoms with Gasteiger partial charge in [0.2, 0.25) is 0 Å². The van der Waals surface area contributed by atoms with Crippen LogP contribution < -0.4 is 11.1 Å². The van der Waals surface area contributed by atoms with Gasteiger partial charge in [0, 0.05) is 34.8 Å². The Morgan fingerprint density at radius 1 is 1.56 bits per heavy atom. The van der Waals surface area contributed by atoms with Crippen LogP contribution in [-0.2, 0) is 0 Å². The second-order valence-electron chi connectivity index (χ2n) is 3.96. The first-order valence-electron chi connectivity index (χ1n) is 5.43. The molecule has 6 nitrogen and oxygen atoms in total. The molecule has 0 fully saturated rings. The van der Waals surface area contributed by atoms with E-state index in [0.29, 0.717) is 11.4 Å². The van der Waals surface area contributed by atoms with Crippen LogP contribution in [0.4, 0.5) is 17.1 Å². The number of nitro benzene ring substituents is 1. The molecule has 0 aliphatic carbocycles. The van der Waals surface area contributed by atoms with Crippen LogP contribution in [0.15, 0.2) is 18.2 Å². The maximum atomic E-state index is 10.7. The zero-order valence-electron chi connectivity index (χ0n) is 10.3. The molecular formula is C11H17N3O3S. The molecule has 1 rings (SSSR count). The Balaban J connectivity index is 2.87. The largest absolute Gasteiger partial charge is 0.398 e. The third kappa shape index (κ3) is 3.78. The molecule has 0 saturated heterocycles. The summed E-state index contributed by atoms with van der Waals surface area (Å²) in [4.78, 5) is 10.2. The van der Waals surface area contributed by atoms with Gasteiger partial charge < -0.3 is 16.2 Å². The van der Waals surface area contributed by atoms with Crippen LogP contribution in [0, 0.1) is 10.1 Å². The first-order valence-corrected chi connectivity index (χ1v) is 6.72. The first-order chi connectivity index (χ1) is 8.47. The molecule has 0 bridgehead atoms. The molecule has 1 aromatic carbocycles. The molecule has 0 heterocycles. The lowest BCUT2D eigenvalue weighted by Crippen LogP contribution is -2.30. The summed E-state index contributed by atoms with van der Waals surface area (Å²) in [7, 11) is 0. The van der Waals surface area contributed by atoms with Gasteiger partial charge in [-0.25, -0.2) is 0 Å². The highest BCUT2D eigenvalue weighted by Gasteiger charge is 2.16. The maximum absolute atomic E-state index is 10.7. The maximum Gasteiger partial charge on any atom is 0.273 e. The fourth-order valence-electron chi connectivity index (χ4n) is 1.62. The highest BCUT2D eigenvalue weighted by molar-refractivity contribution is 7.99. The number of non-ortho nitro benzene ring substituents is 1. The number of nitrogens with two attached hydrogens (primary N) is 1. The van der Waals surface area contributed by atoms with Crippen LogP contribution in [0.5, 0.6) is 0 Å². The zero-order chi connectivity index (χ0) is 13.7. The lowest BCUT2D eigenvalue weighted by Gasteiger charge is -2.22. The monoisotopic (exact) mass is 271 g/mol. The van der Waals surface area contributed by atoms with Gasteiger partial charge in [-0.2, -0.15) is 11.8 Å². The molecule has 2 atom stereocenters. The highest BCUT2D eigenvalue weighted by Crippen LogP contribution is 2.24. The van der Waals surface area contributed by atoms with Crippen molar-refractivity contribution in [3.63, 3.8) is 0 Å². The fourth-order valence-corrected chi connectivity index (χ4v) is 2.24. The lowest BCUT2D eigenvalue weighted by molar-refractivity contribution is -0.384. The van der Waals surface area contributed by atoms with Gasteiger partial charge in [-0.1, -0.05) is 0 Å². The Kier molecular flexibility index (Phi) is 5.24. The van der Waals surface area contributed by atoms with Crippen molar-refractivity contribution in [3.8, 4) is 0 Å². The van der Waals surface area contributed by atoms with Crippen LogP contribution in [0.3, 0.4) is 0 Å². The number of rotatable bonds is 6. The molecule has 4 N–H and O–H groups in total. The number of nitrogens with zero attached hydrogens (tertiary/aromatic N) is 1. The smallest absolute Gasteiger partial charge is 0.273 e. The Morgan fingerprint density at radius 2 is 2.22 bits per heavy atom. The minimum atomic E-state index is -0.482. The third-order valence-corrected chi connectivity index (χ3v) is 3.75. The Labute approximate surface area is 110 Å². The van der Waals surface area contributed by atoms with Crippen LogP contribution in [0.25, 0.3) is 0 Å². The molecular weight excluding hydrogens is 254 g/mol. The SMILES string of the molecule is CSC(CO)C(C)Nc1cc(N)cc([N+](=O)[O-])c1. The topological polar surface area (TPSA) is 101 Å². The number of nitrogen functional groups attached to an aromatic ring is 1. The predicted molar refractivity (Wildman–Crippen MR) is 75.0 cm³/mol. The Bertz CT molecular complexity index is 424. The van der Waals surface area contributed by atoms with Crippen molar-refractivity contribution in [1.82, 2.24) is 0 Å². The summed E-state index contributed by atoms with van der Waals surface area (Å²) in [5.41, 5.74) is 6.49. The molecule has 0 aliphatic rings. The van der Waals surface area contributed by atoms with E-state index in [4.69, 9.17) is 5.73 Å². The average molecular weight is 271 g/mol. The minimum absolute atomic E-state index is 0.0190. The van der Waals surface area contributed by atoms with E-state index >= 15 is 0 Å². The number of nitrogens with one attached hydrogen (secondary N) is 1. The quantitative estimate of drug-likeness (QED) is 0.413. The standard InChI is InChI=1S/C11H17N3O3S/c1-7(11(6-15)18-2)13-9-3-8(12)4-10(5-9)14(16)17/h3-5,7,11,13,15H,6,12H2,1-2H3. The number of thioether (sulfide) groups is 1. The van der Waals surface area contributed by atoms with Gasteiger partial charge in [0.25, 0.3) is 5.69 Å². The van der Waals surface area contributed by atoms with Crippen LogP contribution >= 0.6 is 11.8 Å². The second kappa shape index (κ2) is 6.46. The van der Waals surface area contributed by atoms with E-state index in [1.165, 1.54) is 23.9 Å². The molecule has 0 saturated carbocycles. The molecule has 0 spiro atoms. The molecule has 0 radical (unpaired) electrons. The summed E-state index contributed by atoms with van der Waals surface area (Å²) in [5.74, 6) is 0. The first kappa shape index (κ1) is 14.6. The summed E-state index contributed by atoms with van der Waals surface area (Å²) in [6.07, 6.45) is 1.90. The molecule has 2 unspecified atom stereocenters. The number of hydrogen-bond donors (Lipinski definition) is 3. The summed E-state index contributed by atoms with van der Waals surface area (Å²) in [6.45, 7) is 1.95. The summed E-state index contributed by atoms with van der Waals surface area (Å²) < 4.78 is 0. The van der Waals surface area contributed by atoms with Gasteiger partial charge >= 0.3 is 0 Å². The van der Waals surface area contributed by atoms with Crippen LogP contribution in [-0.4, -0.2) is 34.2 Å². The molecule has 18 heavy (non-hydrogen) atoms. The van der Waals surface area contributed by atoms with Gasteiger partial charge in [-0.15, -0.1) is 0 Å². The lowest BCUT2D eigenvalue weighted by atomic mass is 10.2. The Hall–Kier alpha value is -1.47. The van der Waals surface area contributed by atoms with Crippen LogP contribution in [0.2, 0.25) is 0 Å². The van der Waals surface area contributed by atoms with Gasteiger partial charge in [0.1, 0.15) is 0 Å². The van der Waals surface area contributed by atoms with Crippen molar-refractivity contribution < 1.29 is 10.0 Å². The molecule has 0 amide bonds. The van der Waals surface area contributed by atoms with E-state index in [1.807, 2.05) is 13.2 Å². The second-order valence-corrected chi connectivity index (χ2v) is 5.04. The van der Waals surface area contributed by atoms with Crippen molar-refractivity contribution in [1.29, 1.82) is 0 Å². The fraction of sp³-hybridized carbons (Fsp3) is 0.455. The highest BCUT2D eigenvalue weighted by atomic mass is 32.2. The minimum Gasteiger partial charge on any atom is -0.398 e. The summed E-state index contributed by atoms with van der Waals surface area (Å²) in [5, 5.41) is 23.0. The van der Waals surface area contributed by atoms with Crippen molar-refractivity contribution in [2.24, 2.45) is 0 Å².